The van der Waals surface area contributed by atoms with E-state index in [1.165, 1.54) is 0 Å². The van der Waals surface area contributed by atoms with Crippen LogP contribution < -0.4 is 5.73 Å². The number of tetrazole rings is 1. The molecule has 22 heavy (non-hydrogen) atoms. The van der Waals surface area contributed by atoms with Crippen molar-refractivity contribution in [1.82, 2.24) is 25.1 Å². The normalized spacial score (nSPS) is 25.8. The van der Waals surface area contributed by atoms with Crippen LogP contribution in [0.2, 0.25) is 0 Å². The molecule has 0 spiro atoms. The molecule has 2 aliphatic heterocycles. The summed E-state index contributed by atoms with van der Waals surface area (Å²) >= 11 is 0. The van der Waals surface area contributed by atoms with Crippen LogP contribution in [0.15, 0.2) is 60.3 Å². The molecule has 7 nitrogen and oxygen atoms in total. The number of carbonyl (C=O) groups excluding carboxylic acids is 1. The van der Waals surface area contributed by atoms with E-state index < -0.39 is 5.91 Å². The monoisotopic (exact) mass is 294 g/mol. The maximum absolute atomic E-state index is 11.4. The molecular formula is C15H14N6O. The average Bonchev–Trinajstić information content (AvgIpc) is 3.08. The third-order valence-corrected chi connectivity index (χ3v) is 4.18. The maximum Gasteiger partial charge on any atom is 0.248 e. The number of rotatable bonds is 2. The Kier molecular flexibility index (Phi) is 2.78. The first-order valence-electron chi connectivity index (χ1n) is 7.03. The molecule has 0 bridgehead atoms. The van der Waals surface area contributed by atoms with Gasteiger partial charge in [-0.05, 0) is 34.6 Å². The van der Waals surface area contributed by atoms with E-state index >= 15 is 0 Å². The van der Waals surface area contributed by atoms with Gasteiger partial charge in [-0.2, -0.15) is 4.68 Å². The highest BCUT2D eigenvalue weighted by molar-refractivity contribution is 5.95. The van der Waals surface area contributed by atoms with E-state index in [0.717, 1.165) is 17.7 Å². The molecule has 1 aliphatic carbocycles. The summed E-state index contributed by atoms with van der Waals surface area (Å²) in [5.41, 5.74) is 8.06. The minimum Gasteiger partial charge on any atom is -0.366 e. The highest BCUT2D eigenvalue weighted by Gasteiger charge is 2.35. The van der Waals surface area contributed by atoms with Crippen LogP contribution >= 0.6 is 0 Å². The van der Waals surface area contributed by atoms with Gasteiger partial charge in [0.15, 0.2) is 0 Å². The van der Waals surface area contributed by atoms with Crippen LogP contribution in [0.3, 0.4) is 0 Å². The number of nitrogens with two attached hydrogens (primary N) is 1. The lowest BCUT2D eigenvalue weighted by molar-refractivity contribution is -0.114. The molecule has 0 radical (unpaired) electrons. The molecule has 0 saturated carbocycles. The maximum atomic E-state index is 11.4. The van der Waals surface area contributed by atoms with E-state index in [4.69, 9.17) is 5.73 Å². The second-order valence-corrected chi connectivity index (χ2v) is 5.40. The van der Waals surface area contributed by atoms with Gasteiger partial charge in [0.05, 0.1) is 11.7 Å². The second-order valence-electron chi connectivity index (χ2n) is 5.40. The minimum atomic E-state index is -0.400. The molecule has 4 rings (SSSR count). The number of nitrogens with zero attached hydrogens (tertiary/aromatic N) is 5. The summed E-state index contributed by atoms with van der Waals surface area (Å²) in [6.07, 6.45) is 16.3. The number of allylic oxidation sites excluding steroid dienone is 4. The number of amides is 1. The molecule has 0 fully saturated rings. The molecule has 0 aromatic carbocycles. The number of hydrogen-bond acceptors (Lipinski definition) is 5. The van der Waals surface area contributed by atoms with Crippen LogP contribution in [0.5, 0.6) is 0 Å². The zero-order chi connectivity index (χ0) is 15.1. The van der Waals surface area contributed by atoms with Crippen molar-refractivity contribution in [1.29, 1.82) is 0 Å². The predicted octanol–water partition coefficient (Wildman–Crippen LogP) is 0.597. The zero-order valence-electron chi connectivity index (χ0n) is 11.7. The molecule has 1 aromatic heterocycles. The van der Waals surface area contributed by atoms with Crippen LogP contribution in [0.25, 0.3) is 5.70 Å². The molecule has 0 saturated heterocycles. The summed E-state index contributed by atoms with van der Waals surface area (Å²) in [6, 6.07) is 0.0731. The third kappa shape index (κ3) is 1.90. The lowest BCUT2D eigenvalue weighted by Crippen LogP contribution is -2.41. The van der Waals surface area contributed by atoms with Crippen LogP contribution in [0.4, 0.5) is 0 Å². The summed E-state index contributed by atoms with van der Waals surface area (Å²) in [4.78, 5) is 13.5. The van der Waals surface area contributed by atoms with Crippen LogP contribution in [0.1, 0.15) is 6.42 Å². The van der Waals surface area contributed by atoms with Crippen molar-refractivity contribution in [3.63, 3.8) is 0 Å². The van der Waals surface area contributed by atoms with Gasteiger partial charge in [-0.25, -0.2) is 0 Å². The Bertz CT molecular complexity index is 768. The van der Waals surface area contributed by atoms with Crippen molar-refractivity contribution >= 4 is 11.6 Å². The van der Waals surface area contributed by atoms with Crippen molar-refractivity contribution in [2.75, 3.05) is 0 Å². The first-order chi connectivity index (χ1) is 10.7. The summed E-state index contributed by atoms with van der Waals surface area (Å²) in [6.45, 7) is 0. The molecule has 7 heteroatoms. The van der Waals surface area contributed by atoms with Crippen molar-refractivity contribution in [3.05, 3.63) is 60.3 Å². The Morgan fingerprint density at radius 3 is 3.09 bits per heavy atom. The third-order valence-electron chi connectivity index (χ3n) is 4.18. The smallest absolute Gasteiger partial charge is 0.248 e. The van der Waals surface area contributed by atoms with Gasteiger partial charge < -0.3 is 10.6 Å². The van der Waals surface area contributed by atoms with Gasteiger partial charge in [0.25, 0.3) is 0 Å². The standard InChI is InChI=1S/C15H14N6O/c16-15(22)10-5-6-20-8-14(21-9-17-18-19-21)12-4-2-1-3-11(12)13(20)7-10/h1-2,4-9,11,13H,3H2,(H2,16,22). The molecule has 2 N–H and O–H groups in total. The summed E-state index contributed by atoms with van der Waals surface area (Å²) in [5, 5.41) is 11.4. The first-order valence-corrected chi connectivity index (χ1v) is 7.03. The first kappa shape index (κ1) is 12.8. The molecule has 2 atom stereocenters. The van der Waals surface area contributed by atoms with E-state index in [1.807, 2.05) is 24.6 Å². The van der Waals surface area contributed by atoms with Crippen molar-refractivity contribution < 1.29 is 4.79 Å². The molecule has 1 aromatic rings. The van der Waals surface area contributed by atoms with E-state index in [0.29, 0.717) is 5.57 Å². The van der Waals surface area contributed by atoms with Crippen LogP contribution in [-0.4, -0.2) is 37.1 Å². The van der Waals surface area contributed by atoms with Crippen molar-refractivity contribution in [3.8, 4) is 0 Å². The van der Waals surface area contributed by atoms with E-state index in [-0.39, 0.29) is 12.0 Å². The average molecular weight is 294 g/mol. The lowest BCUT2D eigenvalue weighted by atomic mass is 9.79. The lowest BCUT2D eigenvalue weighted by Gasteiger charge is -2.41. The number of primary amides is 1. The second kappa shape index (κ2) is 4.80. The highest BCUT2D eigenvalue weighted by atomic mass is 16.1. The number of fused-ring (bicyclic) bond motifs is 3. The van der Waals surface area contributed by atoms with Gasteiger partial charge in [0, 0.05) is 23.9 Å². The minimum absolute atomic E-state index is 0.0731. The molecule has 110 valence electrons. The Balaban J connectivity index is 1.82. The summed E-state index contributed by atoms with van der Waals surface area (Å²) in [5.74, 6) is -0.170. The predicted molar refractivity (Wildman–Crippen MR) is 79.5 cm³/mol. The Morgan fingerprint density at radius 1 is 1.41 bits per heavy atom. The van der Waals surface area contributed by atoms with Crippen LogP contribution in [0, 0.1) is 5.92 Å². The Hall–Kier alpha value is -2.96. The molecule has 3 aliphatic rings. The van der Waals surface area contributed by atoms with Gasteiger partial charge in [0.1, 0.15) is 6.33 Å². The number of hydrogen-bond donors (Lipinski definition) is 1. The van der Waals surface area contributed by atoms with Gasteiger partial charge in [0.2, 0.25) is 5.91 Å². The highest BCUT2D eigenvalue weighted by Crippen LogP contribution is 2.40. The zero-order valence-corrected chi connectivity index (χ0v) is 11.7. The summed E-state index contributed by atoms with van der Waals surface area (Å²) in [7, 11) is 0. The quantitative estimate of drug-likeness (QED) is 0.862. The van der Waals surface area contributed by atoms with E-state index in [9.17, 15) is 4.79 Å². The molecule has 2 unspecified atom stereocenters. The fourth-order valence-corrected chi connectivity index (χ4v) is 3.13. The van der Waals surface area contributed by atoms with E-state index in [1.54, 1.807) is 17.1 Å². The van der Waals surface area contributed by atoms with E-state index in [2.05, 4.69) is 32.6 Å². The largest absolute Gasteiger partial charge is 0.366 e. The molecule has 3 heterocycles. The number of carbonyl (C=O) groups is 1. The van der Waals surface area contributed by atoms with Crippen molar-refractivity contribution in [2.45, 2.75) is 12.5 Å². The SMILES string of the molecule is NC(=O)C1=CC2C3CC=CC=C3C(n3cnnn3)=CN2C=C1. The van der Waals surface area contributed by atoms with Gasteiger partial charge in [-0.3, -0.25) is 4.79 Å². The Morgan fingerprint density at radius 2 is 2.32 bits per heavy atom. The topological polar surface area (TPSA) is 89.9 Å². The fourth-order valence-electron chi connectivity index (χ4n) is 3.13. The van der Waals surface area contributed by atoms with Gasteiger partial charge in [-0.15, -0.1) is 5.10 Å². The van der Waals surface area contributed by atoms with Gasteiger partial charge in [-0.1, -0.05) is 18.2 Å². The fraction of sp³-hybridized carbons (Fsp3) is 0.200. The van der Waals surface area contributed by atoms with Crippen molar-refractivity contribution in [2.24, 2.45) is 11.7 Å². The molecular weight excluding hydrogens is 280 g/mol. The summed E-state index contributed by atoms with van der Waals surface area (Å²) < 4.78 is 1.66. The number of aromatic nitrogens is 4. The van der Waals surface area contributed by atoms with Crippen LogP contribution in [-0.2, 0) is 4.79 Å². The molecule has 1 amide bonds. The Labute approximate surface area is 126 Å². The van der Waals surface area contributed by atoms with Gasteiger partial charge >= 0.3 is 0 Å².